The molecule has 170 valence electrons. The summed E-state index contributed by atoms with van der Waals surface area (Å²) in [5.74, 6) is 0.353. The Hall–Kier alpha value is -3.10. The third-order valence-electron chi connectivity index (χ3n) is 5.41. The molecule has 32 heavy (non-hydrogen) atoms. The van der Waals surface area contributed by atoms with E-state index in [0.29, 0.717) is 18.8 Å². The fourth-order valence-electron chi connectivity index (χ4n) is 3.70. The summed E-state index contributed by atoms with van der Waals surface area (Å²) in [6.45, 7) is 2.45. The van der Waals surface area contributed by atoms with Crippen molar-refractivity contribution in [2.75, 3.05) is 13.2 Å². The van der Waals surface area contributed by atoms with Gasteiger partial charge in [0.25, 0.3) is 5.91 Å². The lowest BCUT2D eigenvalue weighted by Crippen LogP contribution is -2.35. The summed E-state index contributed by atoms with van der Waals surface area (Å²) in [5, 5.41) is 2.79. The number of fused-ring (bicyclic) bond motifs is 1. The highest BCUT2D eigenvalue weighted by Crippen LogP contribution is 2.44. The topological polar surface area (TPSA) is 66.8 Å². The summed E-state index contributed by atoms with van der Waals surface area (Å²) in [4.78, 5) is 22.9. The molecule has 6 nitrogen and oxygen atoms in total. The number of carbonyl (C=O) groups is 1. The number of carbonyl (C=O) groups excluding carboxylic acids is 1. The van der Waals surface area contributed by atoms with Crippen molar-refractivity contribution >= 4 is 11.6 Å². The number of rotatable bonds is 8. The van der Waals surface area contributed by atoms with Crippen molar-refractivity contribution in [3.05, 3.63) is 59.7 Å². The molecule has 0 aromatic carbocycles. The standard InChI is InChI=1S/C23H25F3N4O2/c1-2-27-21(31)20-19-14-30(9-6-17(19)5-8-28-20)13-15-11-18(16-3-4-16)22(29-12-15)32-10-7-23(24,25)26/h5-6,8-9,11-12,14,16-17H,2-4,7,10,13H2,1H3,(H,27,31). The molecule has 1 N–H and O–H groups in total. The number of hydrogen-bond acceptors (Lipinski definition) is 5. The van der Waals surface area contributed by atoms with Crippen molar-refractivity contribution in [3.63, 3.8) is 0 Å². The summed E-state index contributed by atoms with van der Waals surface area (Å²) in [6, 6.07) is 1.96. The van der Waals surface area contributed by atoms with Crippen LogP contribution in [0.1, 0.15) is 43.2 Å². The van der Waals surface area contributed by atoms with Crippen LogP contribution in [0.4, 0.5) is 13.2 Å². The molecule has 1 aliphatic carbocycles. The number of ether oxygens (including phenoxy) is 1. The van der Waals surface area contributed by atoms with E-state index in [1.807, 2.05) is 42.4 Å². The second-order valence-electron chi connectivity index (χ2n) is 8.03. The molecule has 1 atom stereocenters. The van der Waals surface area contributed by atoms with Gasteiger partial charge in [-0.2, -0.15) is 13.2 Å². The molecule has 3 aliphatic rings. The predicted octanol–water partition coefficient (Wildman–Crippen LogP) is 4.22. The van der Waals surface area contributed by atoms with Crippen LogP contribution in [0.5, 0.6) is 5.88 Å². The molecule has 1 fully saturated rings. The number of aromatic nitrogens is 1. The molecule has 0 bridgehead atoms. The van der Waals surface area contributed by atoms with Crippen LogP contribution in [0.2, 0.25) is 0 Å². The van der Waals surface area contributed by atoms with Crippen molar-refractivity contribution < 1.29 is 22.7 Å². The van der Waals surface area contributed by atoms with Crippen LogP contribution in [-0.2, 0) is 11.3 Å². The number of alkyl halides is 3. The Kier molecular flexibility index (Phi) is 6.34. The van der Waals surface area contributed by atoms with E-state index < -0.39 is 19.2 Å². The molecule has 0 spiro atoms. The molecule has 1 saturated carbocycles. The summed E-state index contributed by atoms with van der Waals surface area (Å²) >= 11 is 0. The maximum atomic E-state index is 12.4. The average molecular weight is 446 g/mol. The lowest BCUT2D eigenvalue weighted by Gasteiger charge is -2.27. The van der Waals surface area contributed by atoms with Crippen molar-refractivity contribution in [2.45, 2.75) is 44.8 Å². The zero-order valence-electron chi connectivity index (χ0n) is 17.7. The van der Waals surface area contributed by atoms with Gasteiger partial charge in [0.15, 0.2) is 0 Å². The fourth-order valence-corrected chi connectivity index (χ4v) is 3.70. The quantitative estimate of drug-likeness (QED) is 0.649. The van der Waals surface area contributed by atoms with Gasteiger partial charge in [0, 0.05) is 54.9 Å². The summed E-state index contributed by atoms with van der Waals surface area (Å²) < 4.78 is 42.7. The Bertz CT molecular complexity index is 993. The minimum Gasteiger partial charge on any atom is -0.477 e. The minimum absolute atomic E-state index is 0.00841. The van der Waals surface area contributed by atoms with E-state index >= 15 is 0 Å². The fraction of sp³-hybridized carbons (Fsp3) is 0.435. The first-order chi connectivity index (χ1) is 15.3. The summed E-state index contributed by atoms with van der Waals surface area (Å²) in [6.07, 6.45) is 7.78. The van der Waals surface area contributed by atoms with Gasteiger partial charge in [-0.15, -0.1) is 0 Å². The Labute approximate surface area is 184 Å². The van der Waals surface area contributed by atoms with E-state index in [4.69, 9.17) is 4.74 Å². The second kappa shape index (κ2) is 9.18. The third-order valence-corrected chi connectivity index (χ3v) is 5.41. The van der Waals surface area contributed by atoms with Gasteiger partial charge >= 0.3 is 6.18 Å². The Morgan fingerprint density at radius 2 is 2.12 bits per heavy atom. The van der Waals surface area contributed by atoms with Gasteiger partial charge in [0.1, 0.15) is 5.71 Å². The van der Waals surface area contributed by atoms with Crippen molar-refractivity contribution in [1.82, 2.24) is 15.2 Å². The molecule has 0 radical (unpaired) electrons. The summed E-state index contributed by atoms with van der Waals surface area (Å²) in [5.41, 5.74) is 3.00. The monoisotopic (exact) mass is 446 g/mol. The molecule has 1 aromatic heterocycles. The van der Waals surface area contributed by atoms with Crippen LogP contribution in [0, 0.1) is 5.92 Å². The molecule has 4 rings (SSSR count). The van der Waals surface area contributed by atoms with E-state index in [-0.39, 0.29) is 23.6 Å². The Balaban J connectivity index is 1.48. The zero-order valence-corrected chi connectivity index (χ0v) is 17.7. The van der Waals surface area contributed by atoms with Crippen LogP contribution in [0.3, 0.4) is 0 Å². The van der Waals surface area contributed by atoms with Gasteiger partial charge < -0.3 is 15.0 Å². The summed E-state index contributed by atoms with van der Waals surface area (Å²) in [7, 11) is 0. The Morgan fingerprint density at radius 3 is 2.84 bits per heavy atom. The zero-order chi connectivity index (χ0) is 22.7. The largest absolute Gasteiger partial charge is 0.477 e. The number of nitrogens with zero attached hydrogens (tertiary/aromatic N) is 3. The first-order valence-corrected chi connectivity index (χ1v) is 10.7. The van der Waals surface area contributed by atoms with Crippen LogP contribution in [0.15, 0.2) is 53.6 Å². The van der Waals surface area contributed by atoms with E-state index in [0.717, 1.165) is 29.5 Å². The van der Waals surface area contributed by atoms with E-state index in [1.54, 1.807) is 12.4 Å². The highest BCUT2D eigenvalue weighted by molar-refractivity contribution is 6.45. The van der Waals surface area contributed by atoms with Gasteiger partial charge in [-0.05, 0) is 37.3 Å². The van der Waals surface area contributed by atoms with Crippen LogP contribution < -0.4 is 10.1 Å². The number of amides is 1. The lowest BCUT2D eigenvalue weighted by molar-refractivity contribution is -0.139. The second-order valence-corrected chi connectivity index (χ2v) is 8.03. The molecule has 0 saturated heterocycles. The first-order valence-electron chi connectivity index (χ1n) is 10.7. The highest BCUT2D eigenvalue weighted by atomic mass is 19.4. The first kappa shape index (κ1) is 22.1. The van der Waals surface area contributed by atoms with Gasteiger partial charge in [0.05, 0.1) is 13.0 Å². The molecule has 2 aliphatic heterocycles. The van der Waals surface area contributed by atoms with Crippen LogP contribution in [-0.4, -0.2) is 40.8 Å². The SMILES string of the molecule is CCNC(=O)C1=NC=CC2C=CN(Cc3cnc(OCCC(F)(F)F)c(C4CC4)c3)C=C12. The highest BCUT2D eigenvalue weighted by Gasteiger charge is 2.31. The minimum atomic E-state index is -4.25. The van der Waals surface area contributed by atoms with Crippen molar-refractivity contribution in [1.29, 1.82) is 0 Å². The van der Waals surface area contributed by atoms with Crippen LogP contribution >= 0.6 is 0 Å². The lowest BCUT2D eigenvalue weighted by atomic mass is 9.91. The van der Waals surface area contributed by atoms with Gasteiger partial charge in [0.2, 0.25) is 5.88 Å². The van der Waals surface area contributed by atoms with E-state index in [1.165, 1.54) is 0 Å². The van der Waals surface area contributed by atoms with Gasteiger partial charge in [-0.3, -0.25) is 9.79 Å². The normalized spacial score (nSPS) is 19.9. The molecular formula is C23H25F3N4O2. The molecular weight excluding hydrogens is 421 g/mol. The number of nitrogens with one attached hydrogen (secondary N) is 1. The van der Waals surface area contributed by atoms with Gasteiger partial charge in [-0.25, -0.2) is 4.98 Å². The van der Waals surface area contributed by atoms with Crippen molar-refractivity contribution in [3.8, 4) is 5.88 Å². The van der Waals surface area contributed by atoms with E-state index in [2.05, 4.69) is 15.3 Å². The predicted molar refractivity (Wildman–Crippen MR) is 114 cm³/mol. The Morgan fingerprint density at radius 1 is 1.31 bits per heavy atom. The number of halogens is 3. The third kappa shape index (κ3) is 5.38. The van der Waals surface area contributed by atoms with Crippen LogP contribution in [0.25, 0.3) is 0 Å². The number of allylic oxidation sites excluding steroid dienone is 2. The number of hydrogen-bond donors (Lipinski definition) is 1. The maximum absolute atomic E-state index is 12.4. The average Bonchev–Trinajstić information content (AvgIpc) is 3.59. The molecule has 9 heteroatoms. The van der Waals surface area contributed by atoms with E-state index in [9.17, 15) is 18.0 Å². The molecule has 3 heterocycles. The number of aliphatic imine (C=N–C) groups is 1. The van der Waals surface area contributed by atoms with Crippen molar-refractivity contribution in [2.24, 2.45) is 10.9 Å². The number of pyridine rings is 1. The maximum Gasteiger partial charge on any atom is 0.392 e. The van der Waals surface area contributed by atoms with Gasteiger partial charge in [-0.1, -0.05) is 12.2 Å². The molecule has 1 amide bonds. The smallest absolute Gasteiger partial charge is 0.392 e. The molecule has 1 unspecified atom stereocenters. The molecule has 1 aromatic rings.